The molecule has 1 aromatic carbocycles. The molecule has 0 bridgehead atoms. The molecular formula is C14H11ClF2N4O2. The maximum absolute atomic E-state index is 13.3. The van der Waals surface area contributed by atoms with Gasteiger partial charge in [0.15, 0.2) is 11.2 Å². The van der Waals surface area contributed by atoms with Gasteiger partial charge in [-0.25, -0.2) is 13.6 Å². The number of benzene rings is 1. The van der Waals surface area contributed by atoms with E-state index < -0.39 is 22.9 Å². The molecule has 0 unspecified atom stereocenters. The minimum absolute atomic E-state index is 0.0528. The van der Waals surface area contributed by atoms with Crippen molar-refractivity contribution in [2.75, 3.05) is 0 Å². The molecule has 0 spiro atoms. The molecular weight excluding hydrogens is 330 g/mol. The molecule has 0 aliphatic rings. The highest BCUT2D eigenvalue weighted by atomic mass is 35.5. The molecule has 23 heavy (non-hydrogen) atoms. The third kappa shape index (κ3) is 2.44. The minimum atomic E-state index is -0.735. The van der Waals surface area contributed by atoms with Gasteiger partial charge < -0.3 is 4.57 Å². The van der Waals surface area contributed by atoms with E-state index in [2.05, 4.69) is 4.98 Å². The van der Waals surface area contributed by atoms with Gasteiger partial charge in [0, 0.05) is 20.2 Å². The highest BCUT2D eigenvalue weighted by Crippen LogP contribution is 2.18. The lowest BCUT2D eigenvalue weighted by atomic mass is 10.2. The fraction of sp³-hybridized carbons (Fsp3) is 0.214. The lowest BCUT2D eigenvalue weighted by molar-refractivity contribution is 0.578. The first-order valence-electron chi connectivity index (χ1n) is 6.56. The molecule has 6 nitrogen and oxygen atoms in total. The Bertz CT molecular complexity index is 1030. The molecule has 0 aliphatic heterocycles. The highest BCUT2D eigenvalue weighted by molar-refractivity contribution is 6.29. The molecule has 120 valence electrons. The minimum Gasteiger partial charge on any atom is -0.304 e. The van der Waals surface area contributed by atoms with Crippen molar-refractivity contribution in [1.82, 2.24) is 18.7 Å². The average molecular weight is 341 g/mol. The Morgan fingerprint density at radius 3 is 2.30 bits per heavy atom. The predicted molar refractivity (Wildman–Crippen MR) is 80.7 cm³/mol. The number of hydrogen-bond donors (Lipinski definition) is 0. The van der Waals surface area contributed by atoms with Crippen molar-refractivity contribution in [3.63, 3.8) is 0 Å². The van der Waals surface area contributed by atoms with Gasteiger partial charge in [-0.05, 0) is 29.3 Å². The zero-order chi connectivity index (χ0) is 16.9. The summed E-state index contributed by atoms with van der Waals surface area (Å²) in [6.45, 7) is -0.0581. The van der Waals surface area contributed by atoms with E-state index in [0.29, 0.717) is 0 Å². The smallest absolute Gasteiger partial charge is 0.304 e. The SMILES string of the molecule is Cn1c(=O)c2c(nc(Cl)n2Cc2cc(F)cc(F)c2)n(C)c1=O. The number of aromatic nitrogens is 4. The molecule has 0 amide bonds. The second-order valence-electron chi connectivity index (χ2n) is 5.12. The molecule has 0 radical (unpaired) electrons. The van der Waals surface area contributed by atoms with Gasteiger partial charge in [0.1, 0.15) is 11.6 Å². The van der Waals surface area contributed by atoms with E-state index in [1.165, 1.54) is 23.2 Å². The Kier molecular flexibility index (Phi) is 3.56. The third-order valence-corrected chi connectivity index (χ3v) is 3.85. The lowest BCUT2D eigenvalue weighted by Gasteiger charge is -2.08. The number of imidazole rings is 1. The molecule has 0 saturated carbocycles. The van der Waals surface area contributed by atoms with Crippen LogP contribution in [0.25, 0.3) is 11.2 Å². The third-order valence-electron chi connectivity index (χ3n) is 3.56. The van der Waals surface area contributed by atoms with Crippen LogP contribution in [0.1, 0.15) is 5.56 Å². The van der Waals surface area contributed by atoms with E-state index in [9.17, 15) is 18.4 Å². The number of nitrogens with zero attached hydrogens (tertiary/aromatic N) is 4. The Hall–Kier alpha value is -2.48. The van der Waals surface area contributed by atoms with Crippen LogP contribution in [0, 0.1) is 11.6 Å². The van der Waals surface area contributed by atoms with E-state index >= 15 is 0 Å². The fourth-order valence-electron chi connectivity index (χ4n) is 2.45. The van der Waals surface area contributed by atoms with Crippen molar-refractivity contribution in [2.45, 2.75) is 6.54 Å². The maximum Gasteiger partial charge on any atom is 0.332 e. The standard InChI is InChI=1S/C14H11ClF2N4O2/c1-19-11-10(12(22)20(2)14(19)23)21(13(15)18-11)6-7-3-8(16)5-9(17)4-7/h3-5H,6H2,1-2H3. The molecule has 3 aromatic rings. The topological polar surface area (TPSA) is 61.8 Å². The van der Waals surface area contributed by atoms with E-state index in [4.69, 9.17) is 11.6 Å². The normalized spacial score (nSPS) is 11.3. The van der Waals surface area contributed by atoms with Crippen LogP contribution in [0.5, 0.6) is 0 Å². The van der Waals surface area contributed by atoms with Gasteiger partial charge in [-0.15, -0.1) is 0 Å². The van der Waals surface area contributed by atoms with E-state index in [0.717, 1.165) is 22.8 Å². The first-order chi connectivity index (χ1) is 10.8. The molecule has 0 atom stereocenters. The Balaban J connectivity index is 2.28. The van der Waals surface area contributed by atoms with Gasteiger partial charge in [0.2, 0.25) is 5.28 Å². The molecule has 0 fully saturated rings. The summed E-state index contributed by atoms with van der Waals surface area (Å²) in [4.78, 5) is 28.3. The Morgan fingerprint density at radius 2 is 1.70 bits per heavy atom. The lowest BCUT2D eigenvalue weighted by Crippen LogP contribution is -2.37. The van der Waals surface area contributed by atoms with Gasteiger partial charge in [0.25, 0.3) is 5.56 Å². The molecule has 2 aromatic heterocycles. The summed E-state index contributed by atoms with van der Waals surface area (Å²) < 4.78 is 30.1. The van der Waals surface area contributed by atoms with Gasteiger partial charge >= 0.3 is 5.69 Å². The predicted octanol–water partition coefficient (Wildman–Crippen LogP) is 1.41. The van der Waals surface area contributed by atoms with Gasteiger partial charge in [0.05, 0.1) is 6.54 Å². The first-order valence-corrected chi connectivity index (χ1v) is 6.94. The molecule has 0 aliphatic carbocycles. The van der Waals surface area contributed by atoms with Crippen molar-refractivity contribution in [3.05, 3.63) is 61.5 Å². The summed E-state index contributed by atoms with van der Waals surface area (Å²) in [5.41, 5.74) is -0.649. The molecule has 9 heteroatoms. The molecule has 0 N–H and O–H groups in total. The van der Waals surface area contributed by atoms with Gasteiger partial charge in [-0.1, -0.05) is 0 Å². The van der Waals surface area contributed by atoms with Crippen LogP contribution < -0.4 is 11.2 Å². The molecule has 2 heterocycles. The molecule has 0 saturated heterocycles. The van der Waals surface area contributed by atoms with Crippen LogP contribution >= 0.6 is 11.6 Å². The van der Waals surface area contributed by atoms with Crippen molar-refractivity contribution in [3.8, 4) is 0 Å². The number of halogens is 3. The largest absolute Gasteiger partial charge is 0.332 e. The zero-order valence-corrected chi connectivity index (χ0v) is 12.9. The second-order valence-corrected chi connectivity index (χ2v) is 5.46. The summed E-state index contributed by atoms with van der Waals surface area (Å²) in [7, 11) is 2.79. The Morgan fingerprint density at radius 1 is 1.09 bits per heavy atom. The molecule has 3 rings (SSSR count). The van der Waals surface area contributed by atoms with Crippen LogP contribution in [0.4, 0.5) is 8.78 Å². The zero-order valence-electron chi connectivity index (χ0n) is 12.2. The number of fused-ring (bicyclic) bond motifs is 1. The van der Waals surface area contributed by atoms with Crippen LogP contribution in [0.2, 0.25) is 5.28 Å². The van der Waals surface area contributed by atoms with Crippen LogP contribution in [-0.4, -0.2) is 18.7 Å². The van der Waals surface area contributed by atoms with Crippen molar-refractivity contribution >= 4 is 22.8 Å². The summed E-state index contributed by atoms with van der Waals surface area (Å²) in [6, 6.07) is 3.02. The summed E-state index contributed by atoms with van der Waals surface area (Å²) in [5, 5.41) is -0.0528. The maximum atomic E-state index is 13.3. The fourth-order valence-corrected chi connectivity index (χ4v) is 2.67. The summed E-state index contributed by atoms with van der Waals surface area (Å²) >= 11 is 6.05. The van der Waals surface area contributed by atoms with Gasteiger partial charge in [-0.2, -0.15) is 4.98 Å². The summed E-state index contributed by atoms with van der Waals surface area (Å²) in [6.07, 6.45) is 0. The van der Waals surface area contributed by atoms with Gasteiger partial charge in [-0.3, -0.25) is 13.9 Å². The van der Waals surface area contributed by atoms with Crippen LogP contribution in [0.15, 0.2) is 27.8 Å². The van der Waals surface area contributed by atoms with E-state index in [1.54, 1.807) is 0 Å². The number of rotatable bonds is 2. The van der Waals surface area contributed by atoms with E-state index in [1.807, 2.05) is 0 Å². The quantitative estimate of drug-likeness (QED) is 0.663. The highest BCUT2D eigenvalue weighted by Gasteiger charge is 2.18. The summed E-state index contributed by atoms with van der Waals surface area (Å²) in [5.74, 6) is -1.47. The monoisotopic (exact) mass is 340 g/mol. The Labute approximate surface area is 133 Å². The number of aryl methyl sites for hydroxylation is 1. The van der Waals surface area contributed by atoms with Crippen molar-refractivity contribution in [2.24, 2.45) is 14.1 Å². The average Bonchev–Trinajstić information content (AvgIpc) is 2.79. The van der Waals surface area contributed by atoms with Crippen LogP contribution in [0.3, 0.4) is 0 Å². The number of hydrogen-bond acceptors (Lipinski definition) is 3. The van der Waals surface area contributed by atoms with Crippen LogP contribution in [-0.2, 0) is 20.6 Å². The van der Waals surface area contributed by atoms with E-state index in [-0.39, 0.29) is 28.6 Å². The van der Waals surface area contributed by atoms with Crippen molar-refractivity contribution in [1.29, 1.82) is 0 Å². The first kappa shape index (κ1) is 15.4. The van der Waals surface area contributed by atoms with Crippen molar-refractivity contribution < 1.29 is 8.78 Å². The second kappa shape index (κ2) is 5.31.